The molecule has 2 heterocycles. The number of likely N-dealkylation sites (N-methyl/N-ethyl adjacent to an activating group) is 1. The summed E-state index contributed by atoms with van der Waals surface area (Å²) in [5.74, 6) is -0.0761. The number of anilines is 2. The van der Waals surface area contributed by atoms with E-state index in [9.17, 15) is 4.79 Å². The van der Waals surface area contributed by atoms with Crippen LogP contribution in [-0.2, 0) is 11.3 Å². The lowest BCUT2D eigenvalue weighted by Gasteiger charge is -2.35. The van der Waals surface area contributed by atoms with Crippen molar-refractivity contribution in [1.29, 1.82) is 0 Å². The van der Waals surface area contributed by atoms with Gasteiger partial charge >= 0.3 is 0 Å². The Bertz CT molecular complexity index is 1200. The van der Waals surface area contributed by atoms with Crippen molar-refractivity contribution < 1.29 is 9.53 Å². The average molecular weight is 485 g/mol. The lowest BCUT2D eigenvalue weighted by molar-refractivity contribution is 0.0342. The predicted molar refractivity (Wildman–Crippen MR) is 147 cm³/mol. The molecule has 2 aliphatic heterocycles. The third kappa shape index (κ3) is 5.78. The first kappa shape index (κ1) is 24.5. The van der Waals surface area contributed by atoms with E-state index in [2.05, 4.69) is 69.5 Å². The molecule has 188 valence electrons. The van der Waals surface area contributed by atoms with Crippen LogP contribution in [0.4, 0.5) is 11.4 Å². The maximum Gasteiger partial charge on any atom is 0.255 e. The second kappa shape index (κ2) is 11.2. The van der Waals surface area contributed by atoms with Gasteiger partial charge in [-0.3, -0.25) is 9.69 Å². The Morgan fingerprint density at radius 2 is 1.67 bits per heavy atom. The molecule has 0 spiro atoms. The molecule has 3 aromatic rings. The Labute approximate surface area is 214 Å². The molecular formula is C30H36N4O2. The van der Waals surface area contributed by atoms with E-state index in [-0.39, 0.29) is 5.91 Å². The second-order valence-electron chi connectivity index (χ2n) is 9.89. The summed E-state index contributed by atoms with van der Waals surface area (Å²) in [7, 11) is 2.16. The molecule has 0 radical (unpaired) electrons. The Morgan fingerprint density at radius 3 is 2.44 bits per heavy atom. The molecule has 6 heteroatoms. The lowest BCUT2D eigenvalue weighted by atomic mass is 9.97. The van der Waals surface area contributed by atoms with Crippen LogP contribution in [0.1, 0.15) is 21.5 Å². The Balaban J connectivity index is 1.48. The minimum atomic E-state index is -0.0761. The van der Waals surface area contributed by atoms with Gasteiger partial charge in [-0.2, -0.15) is 0 Å². The summed E-state index contributed by atoms with van der Waals surface area (Å²) in [6.07, 6.45) is 0. The summed E-state index contributed by atoms with van der Waals surface area (Å²) in [6, 6.07) is 22.9. The molecule has 6 nitrogen and oxygen atoms in total. The van der Waals surface area contributed by atoms with Crippen molar-refractivity contribution in [1.82, 2.24) is 9.80 Å². The van der Waals surface area contributed by atoms with Gasteiger partial charge in [-0.05, 0) is 54.9 Å². The number of carbonyl (C=O) groups is 1. The van der Waals surface area contributed by atoms with Crippen LogP contribution in [0.3, 0.4) is 0 Å². The number of nitrogens with zero attached hydrogens (tertiary/aromatic N) is 3. The van der Waals surface area contributed by atoms with Gasteiger partial charge in [-0.15, -0.1) is 0 Å². The minimum absolute atomic E-state index is 0.0761. The van der Waals surface area contributed by atoms with Crippen LogP contribution in [0.15, 0.2) is 66.7 Å². The van der Waals surface area contributed by atoms with Crippen LogP contribution < -0.4 is 10.2 Å². The van der Waals surface area contributed by atoms with E-state index in [0.29, 0.717) is 5.56 Å². The highest BCUT2D eigenvalue weighted by molar-refractivity contribution is 6.06. The molecule has 0 aromatic heterocycles. The maximum atomic E-state index is 13.3. The lowest BCUT2D eigenvalue weighted by Crippen LogP contribution is -2.44. The molecule has 1 N–H and O–H groups in total. The molecule has 3 aromatic carbocycles. The van der Waals surface area contributed by atoms with Gasteiger partial charge in [0.15, 0.2) is 0 Å². The standard InChI is InChI=1S/C30H36N4O2/c1-23-6-5-8-25(20-23)30(35)31-28-21-24(10-11-29(28)34-14-12-32(2)13-15-34)27-9-4-3-7-26(27)22-33-16-18-36-19-17-33/h3-11,20-21H,12-19,22H2,1-2H3,(H,31,35). The number of benzene rings is 3. The van der Waals surface area contributed by atoms with Crippen molar-refractivity contribution in [2.45, 2.75) is 13.5 Å². The van der Waals surface area contributed by atoms with E-state index in [1.165, 1.54) is 11.1 Å². The zero-order chi connectivity index (χ0) is 24.9. The number of nitrogens with one attached hydrogen (secondary N) is 1. The summed E-state index contributed by atoms with van der Waals surface area (Å²) in [5.41, 5.74) is 7.33. The van der Waals surface area contributed by atoms with Crippen LogP contribution in [-0.4, -0.2) is 75.2 Å². The summed E-state index contributed by atoms with van der Waals surface area (Å²) in [4.78, 5) is 20.4. The van der Waals surface area contributed by atoms with Crippen LogP contribution in [0, 0.1) is 6.92 Å². The molecule has 36 heavy (non-hydrogen) atoms. The second-order valence-corrected chi connectivity index (χ2v) is 9.89. The number of hydrogen-bond donors (Lipinski definition) is 1. The summed E-state index contributed by atoms with van der Waals surface area (Å²) >= 11 is 0. The largest absolute Gasteiger partial charge is 0.379 e. The summed E-state index contributed by atoms with van der Waals surface area (Å²) < 4.78 is 5.54. The van der Waals surface area contributed by atoms with E-state index >= 15 is 0 Å². The van der Waals surface area contributed by atoms with E-state index in [1.807, 2.05) is 31.2 Å². The highest BCUT2D eigenvalue weighted by atomic mass is 16.5. The van der Waals surface area contributed by atoms with Crippen molar-refractivity contribution in [2.24, 2.45) is 0 Å². The normalized spacial score (nSPS) is 17.2. The highest BCUT2D eigenvalue weighted by Gasteiger charge is 2.20. The van der Waals surface area contributed by atoms with Crippen LogP contribution in [0.5, 0.6) is 0 Å². The van der Waals surface area contributed by atoms with E-state index in [1.54, 1.807) is 0 Å². The SMILES string of the molecule is Cc1cccc(C(=O)Nc2cc(-c3ccccc3CN3CCOCC3)ccc2N2CCN(C)CC2)c1. The molecule has 0 aliphatic carbocycles. The average Bonchev–Trinajstić information content (AvgIpc) is 2.90. The minimum Gasteiger partial charge on any atom is -0.379 e. The van der Waals surface area contributed by atoms with Crippen molar-refractivity contribution in [3.8, 4) is 11.1 Å². The quantitative estimate of drug-likeness (QED) is 0.558. The Morgan fingerprint density at radius 1 is 0.889 bits per heavy atom. The fraction of sp³-hybridized carbons (Fsp3) is 0.367. The van der Waals surface area contributed by atoms with Gasteiger partial charge < -0.3 is 19.9 Å². The van der Waals surface area contributed by atoms with Gasteiger partial charge in [0.05, 0.1) is 24.6 Å². The third-order valence-corrected chi connectivity index (χ3v) is 7.20. The third-order valence-electron chi connectivity index (χ3n) is 7.20. The zero-order valence-corrected chi connectivity index (χ0v) is 21.4. The summed E-state index contributed by atoms with van der Waals surface area (Å²) in [5, 5.41) is 3.25. The van der Waals surface area contributed by atoms with E-state index in [0.717, 1.165) is 81.5 Å². The van der Waals surface area contributed by atoms with Crippen molar-refractivity contribution >= 4 is 17.3 Å². The molecule has 2 saturated heterocycles. The molecule has 0 saturated carbocycles. The molecular weight excluding hydrogens is 448 g/mol. The van der Waals surface area contributed by atoms with Crippen LogP contribution in [0.25, 0.3) is 11.1 Å². The number of ether oxygens (including phenoxy) is 1. The topological polar surface area (TPSA) is 48.1 Å². The van der Waals surface area contributed by atoms with Gasteiger partial charge in [-0.1, -0.05) is 48.0 Å². The molecule has 0 atom stereocenters. The smallest absolute Gasteiger partial charge is 0.255 e. The van der Waals surface area contributed by atoms with Crippen molar-refractivity contribution in [3.63, 3.8) is 0 Å². The predicted octanol–water partition coefficient (Wildman–Crippen LogP) is 4.50. The summed E-state index contributed by atoms with van der Waals surface area (Å²) in [6.45, 7) is 10.3. The highest BCUT2D eigenvalue weighted by Crippen LogP contribution is 2.34. The number of aryl methyl sites for hydroxylation is 1. The number of rotatable bonds is 6. The first-order valence-electron chi connectivity index (χ1n) is 12.9. The van der Waals surface area contributed by atoms with E-state index < -0.39 is 0 Å². The van der Waals surface area contributed by atoms with Crippen molar-refractivity contribution in [2.75, 3.05) is 69.7 Å². The fourth-order valence-electron chi connectivity index (χ4n) is 5.05. The number of morpholine rings is 1. The molecule has 1 amide bonds. The molecule has 5 rings (SSSR count). The molecule has 2 aliphatic rings. The zero-order valence-electron chi connectivity index (χ0n) is 21.4. The number of carbonyl (C=O) groups excluding carboxylic acids is 1. The number of piperazine rings is 1. The molecule has 2 fully saturated rings. The monoisotopic (exact) mass is 484 g/mol. The molecule has 0 unspecified atom stereocenters. The van der Waals surface area contributed by atoms with Gasteiger partial charge in [0.25, 0.3) is 5.91 Å². The van der Waals surface area contributed by atoms with Crippen LogP contribution >= 0.6 is 0 Å². The van der Waals surface area contributed by atoms with Gasteiger partial charge in [0, 0.05) is 51.4 Å². The number of amides is 1. The van der Waals surface area contributed by atoms with Gasteiger partial charge in [0.2, 0.25) is 0 Å². The first-order chi connectivity index (χ1) is 17.6. The van der Waals surface area contributed by atoms with E-state index in [4.69, 9.17) is 4.74 Å². The van der Waals surface area contributed by atoms with Gasteiger partial charge in [0.1, 0.15) is 0 Å². The maximum absolute atomic E-state index is 13.3. The Kier molecular flexibility index (Phi) is 7.66. The fourth-order valence-corrected chi connectivity index (χ4v) is 5.05. The van der Waals surface area contributed by atoms with Crippen LogP contribution in [0.2, 0.25) is 0 Å². The van der Waals surface area contributed by atoms with Crippen molar-refractivity contribution in [3.05, 3.63) is 83.4 Å². The Hall–Kier alpha value is -3.19. The molecule has 0 bridgehead atoms. The number of hydrogen-bond acceptors (Lipinski definition) is 5. The first-order valence-corrected chi connectivity index (χ1v) is 12.9. The van der Waals surface area contributed by atoms with Gasteiger partial charge in [-0.25, -0.2) is 0 Å².